The molecule has 2 N–H and O–H groups in total. The fraction of sp³-hybridized carbons (Fsp3) is 1.00. The number of alkyl halides is 1. The summed E-state index contributed by atoms with van der Waals surface area (Å²) in [6.45, 7) is 8.53. The maximum Gasteiger partial charge on any atom is 0.0868 e. The van der Waals surface area contributed by atoms with Crippen LogP contribution in [0.2, 0.25) is 0 Å². The normalized spacial score (nSPS) is 17.1. The molecule has 80 valence electrons. The Morgan fingerprint density at radius 1 is 1.31 bits per heavy atom. The monoisotopic (exact) mass is 207 g/mol. The Bertz CT molecular complexity index is 144. The lowest BCUT2D eigenvalue weighted by atomic mass is 9.78. The van der Waals surface area contributed by atoms with E-state index in [0.717, 1.165) is 19.3 Å². The first-order valence-electron chi connectivity index (χ1n) is 4.83. The molecule has 0 spiro atoms. The quantitative estimate of drug-likeness (QED) is 0.537. The zero-order valence-corrected chi connectivity index (χ0v) is 9.95. The summed E-state index contributed by atoms with van der Waals surface area (Å²) >= 11 is 5.73. The predicted molar refractivity (Wildman–Crippen MR) is 57.7 cm³/mol. The van der Waals surface area contributed by atoms with Crippen molar-refractivity contribution in [1.82, 2.24) is 0 Å². The lowest BCUT2D eigenvalue weighted by Gasteiger charge is -2.34. The van der Waals surface area contributed by atoms with Crippen molar-refractivity contribution in [2.24, 2.45) is 11.3 Å². The molecular formula is C10H22ClNO. The Morgan fingerprint density at radius 2 is 1.85 bits per heavy atom. The van der Waals surface area contributed by atoms with Gasteiger partial charge in [0.1, 0.15) is 0 Å². The molecule has 1 atom stereocenters. The van der Waals surface area contributed by atoms with Crippen molar-refractivity contribution in [1.29, 1.82) is 0 Å². The molecule has 13 heavy (non-hydrogen) atoms. The molecule has 0 aliphatic carbocycles. The first-order valence-corrected chi connectivity index (χ1v) is 5.36. The number of halogens is 1. The molecule has 0 aromatic carbocycles. The van der Waals surface area contributed by atoms with Crippen molar-refractivity contribution < 1.29 is 4.84 Å². The molecule has 0 aliphatic rings. The Balaban J connectivity index is 4.21. The van der Waals surface area contributed by atoms with E-state index in [1.165, 1.54) is 0 Å². The van der Waals surface area contributed by atoms with Crippen molar-refractivity contribution in [3.8, 4) is 0 Å². The Hall–Kier alpha value is 0.210. The third-order valence-electron chi connectivity index (χ3n) is 2.66. The smallest absolute Gasteiger partial charge is 0.0868 e. The molecule has 0 fully saturated rings. The summed E-state index contributed by atoms with van der Waals surface area (Å²) in [4.78, 5) is 5.03. The van der Waals surface area contributed by atoms with Crippen molar-refractivity contribution in [3.05, 3.63) is 0 Å². The molecule has 2 nitrogen and oxygen atoms in total. The molecule has 0 bridgehead atoms. The van der Waals surface area contributed by atoms with Gasteiger partial charge in [0.25, 0.3) is 0 Å². The molecule has 3 heteroatoms. The van der Waals surface area contributed by atoms with Gasteiger partial charge in [-0.05, 0) is 31.6 Å². The fourth-order valence-electron chi connectivity index (χ4n) is 1.61. The molecule has 0 aromatic rings. The molecule has 0 heterocycles. The third-order valence-corrected chi connectivity index (χ3v) is 2.85. The average Bonchev–Trinajstić information content (AvgIpc) is 2.03. The number of hydrogen-bond acceptors (Lipinski definition) is 2. The maximum absolute atomic E-state index is 5.73. The van der Waals surface area contributed by atoms with Gasteiger partial charge in [-0.15, -0.1) is 11.6 Å². The maximum atomic E-state index is 5.73. The highest BCUT2D eigenvalue weighted by molar-refractivity contribution is 6.17. The summed E-state index contributed by atoms with van der Waals surface area (Å²) in [5.74, 6) is 5.98. The van der Waals surface area contributed by atoms with Crippen molar-refractivity contribution in [2.75, 3.05) is 5.88 Å². The van der Waals surface area contributed by atoms with E-state index < -0.39 is 0 Å². The lowest BCUT2D eigenvalue weighted by molar-refractivity contribution is -0.0647. The van der Waals surface area contributed by atoms with Crippen LogP contribution in [0.4, 0.5) is 0 Å². The van der Waals surface area contributed by atoms with Gasteiger partial charge in [-0.1, -0.05) is 20.8 Å². The van der Waals surface area contributed by atoms with Crippen LogP contribution in [0.3, 0.4) is 0 Å². The largest absolute Gasteiger partial charge is 0.298 e. The van der Waals surface area contributed by atoms with Gasteiger partial charge in [0.05, 0.1) is 5.60 Å². The van der Waals surface area contributed by atoms with Gasteiger partial charge >= 0.3 is 0 Å². The fourth-order valence-corrected chi connectivity index (χ4v) is 2.12. The van der Waals surface area contributed by atoms with E-state index in [4.69, 9.17) is 22.3 Å². The molecule has 0 saturated carbocycles. The van der Waals surface area contributed by atoms with Crippen LogP contribution in [0.5, 0.6) is 0 Å². The summed E-state index contributed by atoms with van der Waals surface area (Å²) in [7, 11) is 0. The first-order chi connectivity index (χ1) is 5.89. The number of rotatable bonds is 6. The molecule has 0 aromatic heterocycles. The van der Waals surface area contributed by atoms with E-state index in [2.05, 4.69) is 20.8 Å². The highest BCUT2D eigenvalue weighted by atomic mass is 35.5. The second-order valence-electron chi connectivity index (χ2n) is 4.70. The highest BCUT2D eigenvalue weighted by Gasteiger charge is 2.31. The van der Waals surface area contributed by atoms with Crippen LogP contribution < -0.4 is 5.90 Å². The van der Waals surface area contributed by atoms with Crippen LogP contribution >= 0.6 is 11.6 Å². The number of hydrogen-bond donors (Lipinski definition) is 1. The first kappa shape index (κ1) is 13.2. The Labute approximate surface area is 86.7 Å². The van der Waals surface area contributed by atoms with Crippen LogP contribution in [0, 0.1) is 5.41 Å². The van der Waals surface area contributed by atoms with E-state index in [1.807, 2.05) is 6.92 Å². The second kappa shape index (κ2) is 5.18. The second-order valence-corrected chi connectivity index (χ2v) is 5.08. The lowest BCUT2D eigenvalue weighted by Crippen LogP contribution is -2.36. The topological polar surface area (TPSA) is 35.2 Å². The minimum Gasteiger partial charge on any atom is -0.298 e. The minimum absolute atomic E-state index is 0.200. The van der Waals surface area contributed by atoms with Gasteiger partial charge in [-0.2, -0.15) is 0 Å². The van der Waals surface area contributed by atoms with Crippen molar-refractivity contribution in [2.45, 2.75) is 52.6 Å². The van der Waals surface area contributed by atoms with Gasteiger partial charge in [0.15, 0.2) is 0 Å². The molecule has 0 radical (unpaired) electrons. The van der Waals surface area contributed by atoms with E-state index >= 15 is 0 Å². The van der Waals surface area contributed by atoms with Gasteiger partial charge in [0, 0.05) is 5.88 Å². The Kier molecular flexibility index (Phi) is 5.26. The van der Waals surface area contributed by atoms with Crippen LogP contribution in [0.25, 0.3) is 0 Å². The molecule has 0 aliphatic heterocycles. The summed E-state index contributed by atoms with van der Waals surface area (Å²) in [5, 5.41) is 0. The average molecular weight is 208 g/mol. The standard InChI is InChI=1S/C10H22ClNO/c1-5-10(4,13-12)8-9(2,3)6-7-11/h5-8,12H2,1-4H3. The van der Waals surface area contributed by atoms with Crippen molar-refractivity contribution >= 4 is 11.6 Å². The van der Waals surface area contributed by atoms with E-state index in [9.17, 15) is 0 Å². The summed E-state index contributed by atoms with van der Waals surface area (Å²) in [5.41, 5.74) is -0.0125. The molecule has 1 unspecified atom stereocenters. The molecule has 0 saturated heterocycles. The summed E-state index contributed by atoms with van der Waals surface area (Å²) in [6.07, 6.45) is 2.86. The van der Waals surface area contributed by atoms with E-state index in [-0.39, 0.29) is 11.0 Å². The molecule has 0 amide bonds. The zero-order valence-electron chi connectivity index (χ0n) is 9.19. The van der Waals surface area contributed by atoms with Gasteiger partial charge in [-0.3, -0.25) is 4.84 Å². The third kappa shape index (κ3) is 4.84. The van der Waals surface area contributed by atoms with Gasteiger partial charge < -0.3 is 0 Å². The van der Waals surface area contributed by atoms with Crippen LogP contribution in [0.1, 0.15) is 47.0 Å². The van der Waals surface area contributed by atoms with E-state index in [1.54, 1.807) is 0 Å². The summed E-state index contributed by atoms with van der Waals surface area (Å²) < 4.78 is 0. The predicted octanol–water partition coefficient (Wildman–Crippen LogP) is 3.09. The van der Waals surface area contributed by atoms with Gasteiger partial charge in [0.2, 0.25) is 0 Å². The Morgan fingerprint density at radius 3 is 2.15 bits per heavy atom. The van der Waals surface area contributed by atoms with Crippen molar-refractivity contribution in [3.63, 3.8) is 0 Å². The van der Waals surface area contributed by atoms with E-state index in [0.29, 0.717) is 5.88 Å². The summed E-state index contributed by atoms with van der Waals surface area (Å²) in [6, 6.07) is 0. The SMILES string of the molecule is CCC(C)(CC(C)(C)CCCl)ON. The zero-order chi connectivity index (χ0) is 10.5. The highest BCUT2D eigenvalue weighted by Crippen LogP contribution is 2.34. The van der Waals surface area contributed by atoms with Gasteiger partial charge in [-0.25, -0.2) is 5.90 Å². The van der Waals surface area contributed by atoms with Crippen LogP contribution in [0.15, 0.2) is 0 Å². The van der Waals surface area contributed by atoms with Crippen LogP contribution in [-0.4, -0.2) is 11.5 Å². The minimum atomic E-state index is -0.213. The molecular weight excluding hydrogens is 186 g/mol. The number of nitrogens with two attached hydrogens (primary N) is 1. The van der Waals surface area contributed by atoms with Crippen LogP contribution in [-0.2, 0) is 4.84 Å². The molecule has 0 rings (SSSR count).